The first-order chi connectivity index (χ1) is 9.52. The summed E-state index contributed by atoms with van der Waals surface area (Å²) in [5.41, 5.74) is 3.13. The molecule has 1 aliphatic rings. The Morgan fingerprint density at radius 3 is 2.75 bits per heavy atom. The lowest BCUT2D eigenvalue weighted by Gasteiger charge is -2.24. The van der Waals surface area contributed by atoms with E-state index in [1.54, 1.807) is 18.4 Å². The van der Waals surface area contributed by atoms with Crippen LogP contribution in [0.1, 0.15) is 25.0 Å². The molecule has 1 aliphatic heterocycles. The van der Waals surface area contributed by atoms with Crippen LogP contribution in [-0.4, -0.2) is 11.1 Å². The van der Waals surface area contributed by atoms with Crippen molar-refractivity contribution in [2.24, 2.45) is 4.99 Å². The van der Waals surface area contributed by atoms with Gasteiger partial charge in [-0.25, -0.2) is 9.38 Å². The molecule has 0 aromatic heterocycles. The molecule has 20 heavy (non-hydrogen) atoms. The molecule has 0 bridgehead atoms. The van der Waals surface area contributed by atoms with Crippen molar-refractivity contribution < 1.29 is 4.39 Å². The Hall–Kier alpha value is -2.42. The highest BCUT2D eigenvalue weighted by atomic mass is 19.1. The molecule has 0 N–H and O–H groups in total. The van der Waals surface area contributed by atoms with Crippen molar-refractivity contribution >= 4 is 17.9 Å². The predicted octanol–water partition coefficient (Wildman–Crippen LogP) is 4.59. The topological polar surface area (TPSA) is 15.6 Å². The third-order valence-corrected chi connectivity index (χ3v) is 3.17. The van der Waals surface area contributed by atoms with Gasteiger partial charge < -0.3 is 4.90 Å². The summed E-state index contributed by atoms with van der Waals surface area (Å²) in [5.74, 6) is 0.358. The molecule has 1 aromatic rings. The molecule has 0 unspecified atom stereocenters. The second-order valence-corrected chi connectivity index (χ2v) is 4.63. The molecule has 0 saturated carbocycles. The molecule has 0 radical (unpaired) electrons. The lowest BCUT2D eigenvalue weighted by atomic mass is 10.0. The van der Waals surface area contributed by atoms with Gasteiger partial charge in [-0.15, -0.1) is 0 Å². The smallest absolute Gasteiger partial charge is 0.131 e. The number of allylic oxidation sites excluding steroid dienone is 3. The summed E-state index contributed by atoms with van der Waals surface area (Å²) in [6.07, 6.45) is 7.06. The van der Waals surface area contributed by atoms with Gasteiger partial charge in [-0.2, -0.15) is 0 Å². The van der Waals surface area contributed by atoms with Gasteiger partial charge in [0.05, 0.1) is 0 Å². The third kappa shape index (κ3) is 2.77. The van der Waals surface area contributed by atoms with E-state index in [0.717, 1.165) is 16.8 Å². The van der Waals surface area contributed by atoms with Gasteiger partial charge in [0, 0.05) is 23.7 Å². The Kier molecular flexibility index (Phi) is 3.99. The Morgan fingerprint density at radius 1 is 1.40 bits per heavy atom. The summed E-state index contributed by atoms with van der Waals surface area (Å²) >= 11 is 0. The molecular formula is C17H17FN2. The van der Waals surface area contributed by atoms with Gasteiger partial charge in [-0.1, -0.05) is 31.4 Å². The number of aliphatic imine (C=N–C) groups is 1. The van der Waals surface area contributed by atoms with Crippen LogP contribution in [0.4, 0.5) is 4.39 Å². The van der Waals surface area contributed by atoms with Crippen LogP contribution in [0.2, 0.25) is 0 Å². The maximum Gasteiger partial charge on any atom is 0.131 e. The molecule has 2 nitrogen and oxygen atoms in total. The maximum atomic E-state index is 14.1. The first kappa shape index (κ1) is 14.0. The van der Waals surface area contributed by atoms with E-state index in [4.69, 9.17) is 0 Å². The largest absolute Gasteiger partial charge is 0.306 e. The first-order valence-corrected chi connectivity index (χ1v) is 6.33. The van der Waals surface area contributed by atoms with E-state index in [0.29, 0.717) is 11.4 Å². The van der Waals surface area contributed by atoms with Crippen molar-refractivity contribution in [2.75, 3.05) is 0 Å². The van der Waals surface area contributed by atoms with Crippen molar-refractivity contribution in [3.8, 4) is 0 Å². The average Bonchev–Trinajstić information content (AvgIpc) is 2.42. The van der Waals surface area contributed by atoms with Crippen LogP contribution < -0.4 is 0 Å². The average molecular weight is 268 g/mol. The van der Waals surface area contributed by atoms with Crippen molar-refractivity contribution in [2.45, 2.75) is 13.8 Å². The molecule has 3 heteroatoms. The van der Waals surface area contributed by atoms with Crippen LogP contribution >= 0.6 is 0 Å². The Labute approximate surface area is 119 Å². The number of benzene rings is 1. The minimum atomic E-state index is -0.260. The van der Waals surface area contributed by atoms with E-state index < -0.39 is 0 Å². The van der Waals surface area contributed by atoms with Crippen LogP contribution in [0.25, 0.3) is 11.6 Å². The number of rotatable bonds is 3. The van der Waals surface area contributed by atoms with E-state index >= 15 is 0 Å². The molecule has 0 spiro atoms. The Balaban J connectivity index is 2.36. The van der Waals surface area contributed by atoms with E-state index in [1.807, 2.05) is 37.1 Å². The van der Waals surface area contributed by atoms with E-state index in [1.165, 1.54) is 6.07 Å². The maximum absolute atomic E-state index is 14.1. The molecule has 1 aromatic carbocycles. The van der Waals surface area contributed by atoms with Gasteiger partial charge in [-0.05, 0) is 37.1 Å². The number of hydrogen-bond donors (Lipinski definition) is 0. The van der Waals surface area contributed by atoms with Crippen molar-refractivity contribution in [3.63, 3.8) is 0 Å². The van der Waals surface area contributed by atoms with E-state index in [-0.39, 0.29) is 5.82 Å². The lowest BCUT2D eigenvalue weighted by Crippen LogP contribution is -2.16. The normalized spacial score (nSPS) is 15.3. The van der Waals surface area contributed by atoms with Gasteiger partial charge in [-0.3, -0.25) is 0 Å². The molecule has 0 aliphatic carbocycles. The molecule has 0 amide bonds. The van der Waals surface area contributed by atoms with Crippen molar-refractivity contribution in [1.29, 1.82) is 0 Å². The molecule has 0 fully saturated rings. The molecular weight excluding hydrogens is 251 g/mol. The highest BCUT2D eigenvalue weighted by molar-refractivity contribution is 5.75. The first-order valence-electron chi connectivity index (χ1n) is 6.33. The van der Waals surface area contributed by atoms with Crippen LogP contribution in [0, 0.1) is 5.82 Å². The Bertz CT molecular complexity index is 651. The summed E-state index contributed by atoms with van der Waals surface area (Å²) in [6, 6.07) is 5.08. The monoisotopic (exact) mass is 268 g/mol. The second-order valence-electron chi connectivity index (χ2n) is 4.63. The number of hydrogen-bond acceptors (Lipinski definition) is 2. The number of nitrogens with zero attached hydrogens (tertiary/aromatic N) is 2. The zero-order valence-electron chi connectivity index (χ0n) is 11.7. The van der Waals surface area contributed by atoms with Gasteiger partial charge in [0.2, 0.25) is 0 Å². The summed E-state index contributed by atoms with van der Waals surface area (Å²) in [7, 11) is 0. The fourth-order valence-corrected chi connectivity index (χ4v) is 1.99. The predicted molar refractivity (Wildman–Crippen MR) is 83.4 cm³/mol. The van der Waals surface area contributed by atoms with Crippen LogP contribution in [-0.2, 0) is 0 Å². The van der Waals surface area contributed by atoms with Crippen LogP contribution in [0.3, 0.4) is 0 Å². The summed E-state index contributed by atoms with van der Waals surface area (Å²) < 4.78 is 14.1. The summed E-state index contributed by atoms with van der Waals surface area (Å²) in [5, 5.41) is 0. The molecule has 0 atom stereocenters. The zero-order chi connectivity index (χ0) is 14.7. The fourth-order valence-electron chi connectivity index (χ4n) is 1.99. The van der Waals surface area contributed by atoms with E-state index in [2.05, 4.69) is 18.2 Å². The lowest BCUT2D eigenvalue weighted by molar-refractivity contribution is 0.567. The summed E-state index contributed by atoms with van der Waals surface area (Å²) in [4.78, 5) is 5.98. The van der Waals surface area contributed by atoms with Crippen LogP contribution in [0.15, 0.2) is 60.1 Å². The zero-order valence-corrected chi connectivity index (χ0v) is 11.7. The Morgan fingerprint density at radius 2 is 2.15 bits per heavy atom. The highest BCUT2D eigenvalue weighted by Crippen LogP contribution is 2.24. The third-order valence-electron chi connectivity index (χ3n) is 3.17. The minimum Gasteiger partial charge on any atom is -0.306 e. The van der Waals surface area contributed by atoms with E-state index in [9.17, 15) is 4.39 Å². The quantitative estimate of drug-likeness (QED) is 0.782. The molecule has 102 valence electrons. The van der Waals surface area contributed by atoms with Gasteiger partial charge in [0.15, 0.2) is 0 Å². The highest BCUT2D eigenvalue weighted by Gasteiger charge is 2.11. The van der Waals surface area contributed by atoms with Crippen molar-refractivity contribution in [3.05, 3.63) is 72.1 Å². The molecule has 1 heterocycles. The second kappa shape index (κ2) is 5.70. The van der Waals surface area contributed by atoms with Gasteiger partial charge in [0.1, 0.15) is 11.6 Å². The van der Waals surface area contributed by atoms with Gasteiger partial charge in [0.25, 0.3) is 0 Å². The molecule has 2 rings (SSSR count). The van der Waals surface area contributed by atoms with Crippen molar-refractivity contribution in [1.82, 2.24) is 4.90 Å². The van der Waals surface area contributed by atoms with Crippen LogP contribution in [0.5, 0.6) is 0 Å². The fraction of sp³-hybridized carbons (Fsp3) is 0.118. The standard InChI is InChI=1S/C17H17FN2/c1-5-15-6-7-16(17(18)10-15)12(2)11-20-13(3)8-9-19-14(20)4/h5-11H,1,4H2,2-3H3/b12-11+. The van der Waals surface area contributed by atoms with Gasteiger partial charge >= 0.3 is 0 Å². The molecule has 0 saturated heterocycles. The minimum absolute atomic E-state index is 0.260. The number of halogens is 1. The SMILES string of the molecule is C=Cc1ccc(/C(C)=C/N2C(=C)N=CC=C2C)c(F)c1. The summed E-state index contributed by atoms with van der Waals surface area (Å²) in [6.45, 7) is 11.3.